The molecule has 0 aliphatic carbocycles. The largest absolute Gasteiger partial charge is 0.397 e. The van der Waals surface area contributed by atoms with Gasteiger partial charge >= 0.3 is 6.18 Å². The van der Waals surface area contributed by atoms with Crippen molar-refractivity contribution < 1.29 is 13.2 Å². The van der Waals surface area contributed by atoms with Crippen LogP contribution in [0, 0.1) is 20.8 Å². The van der Waals surface area contributed by atoms with Crippen LogP contribution in [0.3, 0.4) is 0 Å². The second-order valence-electron chi connectivity index (χ2n) is 9.81. The average Bonchev–Trinajstić information content (AvgIpc) is 3.08. The Hall–Kier alpha value is -3.34. The van der Waals surface area contributed by atoms with E-state index >= 15 is 0 Å². The molecule has 5 heteroatoms. The molecule has 0 atom stereocenters. The topological polar surface area (TPSA) is 17.3 Å². The third kappa shape index (κ3) is 2.42. The maximum Gasteiger partial charge on any atom is 0.397 e. The number of hydrogen-bond acceptors (Lipinski definition) is 1. The van der Waals surface area contributed by atoms with Crippen molar-refractivity contribution >= 4 is 49.0 Å². The molecule has 3 aromatic heterocycles. The zero-order valence-corrected chi connectivity index (χ0v) is 19.1. The van der Waals surface area contributed by atoms with Crippen LogP contribution in [-0.4, -0.2) is 15.6 Å². The predicted octanol–water partition coefficient (Wildman–Crippen LogP) is 8.15. The monoisotopic (exact) mass is 444 g/mol. The molecule has 33 heavy (non-hydrogen) atoms. The van der Waals surface area contributed by atoms with Crippen molar-refractivity contribution in [1.82, 2.24) is 9.38 Å². The molecule has 0 radical (unpaired) electrons. The number of fused-ring (bicyclic) bond motifs is 6. The van der Waals surface area contributed by atoms with Gasteiger partial charge in [0.25, 0.3) is 0 Å². The van der Waals surface area contributed by atoms with Gasteiger partial charge in [-0.1, -0.05) is 29.8 Å². The van der Waals surface area contributed by atoms with E-state index in [4.69, 9.17) is 4.98 Å². The maximum atomic E-state index is 14.4. The van der Waals surface area contributed by atoms with Crippen LogP contribution >= 0.6 is 0 Å². The van der Waals surface area contributed by atoms with E-state index in [-0.39, 0.29) is 0 Å². The van der Waals surface area contributed by atoms with Crippen LogP contribution < -0.4 is 0 Å². The first-order chi connectivity index (χ1) is 15.5. The molecular formula is C28H23F3N2. The van der Waals surface area contributed by atoms with Gasteiger partial charge in [-0.05, 0) is 74.9 Å². The van der Waals surface area contributed by atoms with Crippen molar-refractivity contribution in [2.24, 2.45) is 0 Å². The Morgan fingerprint density at radius 3 is 2.24 bits per heavy atom. The van der Waals surface area contributed by atoms with Crippen LogP contribution in [-0.2, 0) is 5.41 Å². The van der Waals surface area contributed by atoms with Crippen molar-refractivity contribution in [2.45, 2.75) is 46.2 Å². The van der Waals surface area contributed by atoms with Gasteiger partial charge in [0.15, 0.2) is 0 Å². The van der Waals surface area contributed by atoms with E-state index < -0.39 is 11.6 Å². The molecule has 3 aromatic carbocycles. The molecule has 3 heterocycles. The number of rotatable bonds is 1. The first-order valence-electron chi connectivity index (χ1n) is 11.1. The highest BCUT2D eigenvalue weighted by atomic mass is 19.4. The first-order valence-corrected chi connectivity index (χ1v) is 11.1. The van der Waals surface area contributed by atoms with Gasteiger partial charge in [0.1, 0.15) is 0 Å². The number of alkyl halides is 3. The summed E-state index contributed by atoms with van der Waals surface area (Å²) in [5, 5.41) is 4.24. The maximum absolute atomic E-state index is 14.4. The minimum atomic E-state index is -4.39. The average molecular weight is 445 g/mol. The van der Waals surface area contributed by atoms with E-state index in [1.165, 1.54) is 13.8 Å². The summed E-state index contributed by atoms with van der Waals surface area (Å²) in [6.07, 6.45) is -2.68. The number of benzene rings is 3. The quantitative estimate of drug-likeness (QED) is 0.185. The number of aromatic nitrogens is 2. The fourth-order valence-corrected chi connectivity index (χ4v) is 5.60. The minimum Gasteiger partial charge on any atom is -0.307 e. The van der Waals surface area contributed by atoms with Gasteiger partial charge in [0.05, 0.1) is 27.5 Å². The lowest BCUT2D eigenvalue weighted by molar-refractivity contribution is -0.179. The lowest BCUT2D eigenvalue weighted by Gasteiger charge is -2.30. The molecule has 0 bridgehead atoms. The standard InChI is InChI=1S/C28H23F3N2/c1-14-11-16(3)25-19(12-14)23-21-17(9-10-32-23)13-20(27(4,5)28(29,30)31)22-18-8-6-7-15(2)24(18)33(25)26(21)22/h6-13H,1-5H3. The third-order valence-electron chi connectivity index (χ3n) is 7.29. The predicted molar refractivity (Wildman–Crippen MR) is 130 cm³/mol. The summed E-state index contributed by atoms with van der Waals surface area (Å²) in [6, 6.07) is 13.7. The van der Waals surface area contributed by atoms with Crippen molar-refractivity contribution in [3.05, 3.63) is 70.9 Å². The van der Waals surface area contributed by atoms with Crippen LogP contribution in [0.1, 0.15) is 36.1 Å². The second-order valence-corrected chi connectivity index (χ2v) is 9.81. The van der Waals surface area contributed by atoms with Crippen molar-refractivity contribution in [3.8, 4) is 0 Å². The van der Waals surface area contributed by atoms with Gasteiger partial charge in [-0.3, -0.25) is 4.98 Å². The summed E-state index contributed by atoms with van der Waals surface area (Å²) >= 11 is 0. The molecule has 0 fully saturated rings. The van der Waals surface area contributed by atoms with E-state index in [2.05, 4.69) is 30.4 Å². The molecule has 2 nitrogen and oxygen atoms in total. The first kappa shape index (κ1) is 20.3. The second kappa shape index (κ2) is 6.16. The van der Waals surface area contributed by atoms with Crippen molar-refractivity contribution in [1.29, 1.82) is 0 Å². The lowest BCUT2D eigenvalue weighted by Crippen LogP contribution is -2.36. The van der Waals surface area contributed by atoms with Gasteiger partial charge in [0, 0.05) is 27.7 Å². The van der Waals surface area contributed by atoms with E-state index in [9.17, 15) is 13.2 Å². The highest BCUT2D eigenvalue weighted by Crippen LogP contribution is 2.49. The molecule has 166 valence electrons. The van der Waals surface area contributed by atoms with Gasteiger partial charge < -0.3 is 4.40 Å². The number of nitrogens with zero attached hydrogens (tertiary/aromatic N) is 2. The summed E-state index contributed by atoms with van der Waals surface area (Å²) in [7, 11) is 0. The van der Waals surface area contributed by atoms with Gasteiger partial charge in [-0.15, -0.1) is 0 Å². The van der Waals surface area contributed by atoms with Crippen LogP contribution in [0.15, 0.2) is 48.7 Å². The Bertz CT molecular complexity index is 1750. The molecule has 0 amide bonds. The molecule has 0 spiro atoms. The zero-order chi connectivity index (χ0) is 23.4. The van der Waals surface area contributed by atoms with E-state index in [0.717, 1.165) is 60.3 Å². The van der Waals surface area contributed by atoms with Gasteiger partial charge in [0.2, 0.25) is 0 Å². The van der Waals surface area contributed by atoms with Crippen LogP contribution in [0.5, 0.6) is 0 Å². The Kier molecular flexibility index (Phi) is 3.79. The summed E-state index contributed by atoms with van der Waals surface area (Å²) in [6.45, 7) is 8.72. The highest BCUT2D eigenvalue weighted by molar-refractivity contribution is 6.29. The molecule has 0 aliphatic rings. The van der Waals surface area contributed by atoms with Crippen LogP contribution in [0.25, 0.3) is 49.0 Å². The highest BCUT2D eigenvalue weighted by Gasteiger charge is 2.49. The van der Waals surface area contributed by atoms with E-state index in [1.807, 2.05) is 31.2 Å². The van der Waals surface area contributed by atoms with Gasteiger partial charge in [-0.25, -0.2) is 0 Å². The summed E-state index contributed by atoms with van der Waals surface area (Å²) in [5.74, 6) is 0. The smallest absolute Gasteiger partial charge is 0.307 e. The molecule has 0 saturated heterocycles. The molecule has 6 aromatic rings. The number of pyridine rings is 2. The summed E-state index contributed by atoms with van der Waals surface area (Å²) in [4.78, 5) is 4.74. The minimum absolute atomic E-state index is 0.303. The van der Waals surface area contributed by atoms with Crippen LogP contribution in [0.4, 0.5) is 13.2 Å². The Morgan fingerprint density at radius 2 is 1.52 bits per heavy atom. The number of aryl methyl sites for hydroxylation is 3. The molecule has 6 rings (SSSR count). The van der Waals surface area contributed by atoms with E-state index in [1.54, 1.807) is 12.3 Å². The van der Waals surface area contributed by atoms with Crippen molar-refractivity contribution in [2.75, 3.05) is 0 Å². The Morgan fingerprint density at radius 1 is 0.788 bits per heavy atom. The molecule has 0 saturated carbocycles. The Balaban J connectivity index is 2.06. The number of hydrogen-bond donors (Lipinski definition) is 0. The number of para-hydroxylation sites is 1. The molecule has 0 unspecified atom stereocenters. The van der Waals surface area contributed by atoms with E-state index in [0.29, 0.717) is 10.9 Å². The lowest BCUT2D eigenvalue weighted by atomic mass is 9.80. The fraction of sp³-hybridized carbons (Fsp3) is 0.250. The van der Waals surface area contributed by atoms with Crippen LogP contribution in [0.2, 0.25) is 0 Å². The molecule has 0 aliphatic heterocycles. The fourth-order valence-electron chi connectivity index (χ4n) is 5.60. The third-order valence-corrected chi connectivity index (χ3v) is 7.29. The van der Waals surface area contributed by atoms with Crippen molar-refractivity contribution in [3.63, 3.8) is 0 Å². The normalized spacial score (nSPS) is 13.5. The van der Waals surface area contributed by atoms with Gasteiger partial charge in [-0.2, -0.15) is 13.2 Å². The Labute approximate surface area is 189 Å². The summed E-state index contributed by atoms with van der Waals surface area (Å²) < 4.78 is 45.3. The molecule has 0 N–H and O–H groups in total. The number of halogens is 3. The SMILES string of the molecule is Cc1cc(C)c2c(c1)c1nccc3cc(C(C)(C)C(F)(F)F)c4c5cccc(C)c5n2c4c31. The summed E-state index contributed by atoms with van der Waals surface area (Å²) in [5.41, 5.74) is 5.16. The molecular weight excluding hydrogens is 421 g/mol. The zero-order valence-electron chi connectivity index (χ0n) is 19.1.